The van der Waals surface area contributed by atoms with E-state index in [9.17, 15) is 26.8 Å². The molecule has 0 spiro atoms. The Morgan fingerprint density at radius 2 is 1.52 bits per heavy atom. The van der Waals surface area contributed by atoms with Crippen molar-refractivity contribution in [1.82, 2.24) is 19.0 Å². The normalized spacial score (nSPS) is 20.9. The molecule has 0 aromatic heterocycles. The number of carbonyl (C=O) groups excluding carboxylic acids is 2. The van der Waals surface area contributed by atoms with E-state index >= 15 is 0 Å². The van der Waals surface area contributed by atoms with Crippen molar-refractivity contribution in [2.75, 3.05) is 58.6 Å². The van der Waals surface area contributed by atoms with Crippen LogP contribution in [0.15, 0.2) is 18.2 Å². The molecule has 1 aromatic carbocycles. The number of hydrogen-bond donors (Lipinski definition) is 0. The lowest BCUT2D eigenvalue weighted by molar-refractivity contribution is -0.135. The Kier molecular flexibility index (Phi) is 12.5. The Hall–Kier alpha value is -2.31. The minimum absolute atomic E-state index is 0.0694. The number of nitrogens with zero attached hydrogens (tertiary/aromatic N) is 4. The van der Waals surface area contributed by atoms with Crippen molar-refractivity contribution in [2.24, 2.45) is 11.8 Å². The lowest BCUT2D eigenvalue weighted by Gasteiger charge is -2.40. The topological polar surface area (TPSA) is 90.5 Å². The number of halogens is 2. The SMILES string of the molecule is CCN(C(=O)CC1CCN(C(=O)OC(C)(C)C)CC1)C1CCN(CCC(c2cc(F)cc(F)c2)C2CCN(S(C)(=O)=O)CC2)CC1. The van der Waals surface area contributed by atoms with Crippen molar-refractivity contribution in [1.29, 1.82) is 0 Å². The molecule has 0 radical (unpaired) electrons. The summed E-state index contributed by atoms with van der Waals surface area (Å²) >= 11 is 0. The molecule has 9 nitrogen and oxygen atoms in total. The molecule has 3 aliphatic heterocycles. The van der Waals surface area contributed by atoms with Crippen LogP contribution in [0.5, 0.6) is 0 Å². The van der Waals surface area contributed by atoms with E-state index < -0.39 is 27.3 Å². The largest absolute Gasteiger partial charge is 0.444 e. The Morgan fingerprint density at radius 3 is 2.04 bits per heavy atom. The van der Waals surface area contributed by atoms with Crippen LogP contribution in [0.1, 0.15) is 90.5 Å². The van der Waals surface area contributed by atoms with E-state index in [0.717, 1.165) is 57.8 Å². The summed E-state index contributed by atoms with van der Waals surface area (Å²) < 4.78 is 59.6. The Balaban J connectivity index is 1.27. The molecular formula is C34H54F2N4O5S. The molecule has 260 valence electrons. The van der Waals surface area contributed by atoms with E-state index in [-0.39, 0.29) is 35.8 Å². The van der Waals surface area contributed by atoms with E-state index in [0.29, 0.717) is 57.5 Å². The molecule has 0 saturated carbocycles. The van der Waals surface area contributed by atoms with Crippen LogP contribution < -0.4 is 0 Å². The number of rotatable bonds is 10. The zero-order valence-electron chi connectivity index (χ0n) is 28.3. The number of piperidine rings is 3. The fourth-order valence-corrected chi connectivity index (χ4v) is 8.37. The summed E-state index contributed by atoms with van der Waals surface area (Å²) in [4.78, 5) is 32.0. The third kappa shape index (κ3) is 10.3. The summed E-state index contributed by atoms with van der Waals surface area (Å²) in [7, 11) is -3.26. The van der Waals surface area contributed by atoms with Gasteiger partial charge >= 0.3 is 6.09 Å². The molecule has 0 bridgehead atoms. The lowest BCUT2D eigenvalue weighted by atomic mass is 9.78. The fraction of sp³-hybridized carbons (Fsp3) is 0.765. The van der Waals surface area contributed by atoms with E-state index in [1.165, 1.54) is 22.7 Å². The lowest BCUT2D eigenvalue weighted by Crippen LogP contribution is -2.48. The number of benzene rings is 1. The summed E-state index contributed by atoms with van der Waals surface area (Å²) in [5.74, 6) is -0.667. The maximum absolute atomic E-state index is 14.2. The van der Waals surface area contributed by atoms with Crippen molar-refractivity contribution in [3.8, 4) is 0 Å². The first-order valence-corrected chi connectivity index (χ1v) is 18.9. The van der Waals surface area contributed by atoms with Gasteiger partial charge < -0.3 is 19.4 Å². The first kappa shape index (κ1) is 36.5. The van der Waals surface area contributed by atoms with E-state index in [4.69, 9.17) is 4.74 Å². The molecule has 3 aliphatic rings. The van der Waals surface area contributed by atoms with Crippen LogP contribution in [0.25, 0.3) is 0 Å². The quantitative estimate of drug-likeness (QED) is 0.329. The van der Waals surface area contributed by atoms with Gasteiger partial charge in [0.25, 0.3) is 0 Å². The highest BCUT2D eigenvalue weighted by Crippen LogP contribution is 2.37. The molecule has 1 atom stereocenters. The second-order valence-electron chi connectivity index (χ2n) is 14.5. The molecule has 2 amide bonds. The Bertz CT molecular complexity index is 1260. The highest BCUT2D eigenvalue weighted by atomic mass is 32.2. The van der Waals surface area contributed by atoms with Crippen LogP contribution in [0, 0.1) is 23.5 Å². The van der Waals surface area contributed by atoms with Gasteiger partial charge in [-0.3, -0.25) is 4.79 Å². The Labute approximate surface area is 274 Å². The van der Waals surface area contributed by atoms with Gasteiger partial charge in [0.2, 0.25) is 15.9 Å². The highest BCUT2D eigenvalue weighted by molar-refractivity contribution is 7.88. The van der Waals surface area contributed by atoms with Gasteiger partial charge in [-0.2, -0.15) is 0 Å². The third-order valence-electron chi connectivity index (χ3n) is 9.99. The monoisotopic (exact) mass is 668 g/mol. The van der Waals surface area contributed by atoms with Crippen molar-refractivity contribution < 1.29 is 31.5 Å². The van der Waals surface area contributed by atoms with Gasteiger partial charge in [-0.25, -0.2) is 26.3 Å². The van der Waals surface area contributed by atoms with E-state index in [2.05, 4.69) is 4.90 Å². The van der Waals surface area contributed by atoms with Crippen LogP contribution in [0.2, 0.25) is 0 Å². The molecule has 1 unspecified atom stereocenters. The molecule has 1 aromatic rings. The fourth-order valence-electron chi connectivity index (χ4n) is 7.50. The predicted molar refractivity (Wildman–Crippen MR) is 175 cm³/mol. The van der Waals surface area contributed by atoms with E-state index in [1.54, 1.807) is 4.90 Å². The zero-order valence-corrected chi connectivity index (χ0v) is 29.2. The molecular weight excluding hydrogens is 614 g/mol. The number of sulfonamides is 1. The molecule has 4 rings (SSSR count). The van der Waals surface area contributed by atoms with Gasteiger partial charge in [-0.1, -0.05) is 0 Å². The van der Waals surface area contributed by atoms with Crippen LogP contribution in [-0.4, -0.2) is 110 Å². The van der Waals surface area contributed by atoms with Crippen molar-refractivity contribution in [3.05, 3.63) is 35.4 Å². The standard InChI is InChI=1S/C34H54F2N4O5S/c1-6-40(32(41)21-25-7-17-38(18-8-25)33(42)45-34(2,3)4)30-11-14-37(15-12-30)16-13-31(27-22-28(35)24-29(36)23-27)26-9-19-39(20-10-26)46(5,43)44/h22-26,30-31H,6-21H2,1-5H3. The first-order valence-electron chi connectivity index (χ1n) is 17.0. The number of ether oxygens (including phenoxy) is 1. The van der Waals surface area contributed by atoms with Gasteiger partial charge in [0.05, 0.1) is 6.26 Å². The molecule has 3 fully saturated rings. The van der Waals surface area contributed by atoms with Gasteiger partial charge in [0.1, 0.15) is 17.2 Å². The molecule has 0 aliphatic carbocycles. The maximum Gasteiger partial charge on any atom is 0.410 e. The predicted octanol–water partition coefficient (Wildman–Crippen LogP) is 5.46. The molecule has 12 heteroatoms. The number of likely N-dealkylation sites (tertiary alicyclic amines) is 2. The average molecular weight is 669 g/mol. The van der Waals surface area contributed by atoms with Crippen LogP contribution in [0.4, 0.5) is 13.6 Å². The smallest absolute Gasteiger partial charge is 0.410 e. The van der Waals surface area contributed by atoms with Crippen molar-refractivity contribution in [3.63, 3.8) is 0 Å². The van der Waals surface area contributed by atoms with Gasteiger partial charge in [0.15, 0.2) is 0 Å². The second-order valence-corrected chi connectivity index (χ2v) is 16.4. The van der Waals surface area contributed by atoms with Gasteiger partial charge in [0, 0.05) is 64.3 Å². The van der Waals surface area contributed by atoms with Crippen molar-refractivity contribution in [2.45, 2.75) is 96.6 Å². The summed E-state index contributed by atoms with van der Waals surface area (Å²) in [5.41, 5.74) is 0.119. The second kappa shape index (κ2) is 15.7. The van der Waals surface area contributed by atoms with Crippen molar-refractivity contribution >= 4 is 22.0 Å². The minimum Gasteiger partial charge on any atom is -0.444 e. The highest BCUT2D eigenvalue weighted by Gasteiger charge is 2.34. The van der Waals surface area contributed by atoms with Gasteiger partial charge in [-0.05, 0) is 115 Å². The number of amides is 2. The average Bonchev–Trinajstić information content (AvgIpc) is 2.97. The molecule has 3 saturated heterocycles. The summed E-state index contributed by atoms with van der Waals surface area (Å²) in [5, 5.41) is 0. The summed E-state index contributed by atoms with van der Waals surface area (Å²) in [6, 6.07) is 3.93. The van der Waals surface area contributed by atoms with Gasteiger partial charge in [-0.15, -0.1) is 0 Å². The van der Waals surface area contributed by atoms with Crippen LogP contribution in [-0.2, 0) is 19.6 Å². The first-order chi connectivity index (χ1) is 21.6. The van der Waals surface area contributed by atoms with Crippen LogP contribution >= 0.6 is 0 Å². The number of hydrogen-bond acceptors (Lipinski definition) is 6. The molecule has 46 heavy (non-hydrogen) atoms. The zero-order chi connectivity index (χ0) is 33.6. The van der Waals surface area contributed by atoms with Crippen LogP contribution in [0.3, 0.4) is 0 Å². The van der Waals surface area contributed by atoms with E-state index in [1.807, 2.05) is 32.6 Å². The molecule has 0 N–H and O–H groups in total. The number of carbonyl (C=O) groups is 2. The maximum atomic E-state index is 14.2. The minimum atomic E-state index is -3.26. The summed E-state index contributed by atoms with van der Waals surface area (Å²) in [6.45, 7) is 12.8. The Morgan fingerprint density at radius 1 is 0.935 bits per heavy atom. The third-order valence-corrected chi connectivity index (χ3v) is 11.3. The summed E-state index contributed by atoms with van der Waals surface area (Å²) in [6.07, 6.45) is 6.83. The molecule has 3 heterocycles.